The minimum Gasteiger partial charge on any atom is -0.454 e. The van der Waals surface area contributed by atoms with E-state index in [0.717, 1.165) is 6.42 Å². The Morgan fingerprint density at radius 2 is 2.00 bits per heavy atom. The molecule has 0 fully saturated rings. The average Bonchev–Trinajstić information content (AvgIpc) is 3.05. The van der Waals surface area contributed by atoms with Crippen molar-refractivity contribution in [1.82, 2.24) is 4.72 Å². The topological polar surface area (TPSA) is 120 Å². The molecule has 2 rings (SSSR count). The van der Waals surface area contributed by atoms with Gasteiger partial charge in [0, 0.05) is 11.8 Å². The SMILES string of the molecule is CCCCS(=O)(=O)N[C@@H](C)C(=O)OCC(=O)Nc1ccc2c(c1)OCO2. The summed E-state index contributed by atoms with van der Waals surface area (Å²) in [6, 6.07) is 3.79. The van der Waals surface area contributed by atoms with Gasteiger partial charge in [-0.05, 0) is 25.5 Å². The fourth-order valence-corrected chi connectivity index (χ4v) is 3.57. The van der Waals surface area contributed by atoms with Crippen LogP contribution in [0.1, 0.15) is 26.7 Å². The van der Waals surface area contributed by atoms with Crippen molar-refractivity contribution in [3.05, 3.63) is 18.2 Å². The number of anilines is 1. The summed E-state index contributed by atoms with van der Waals surface area (Å²) in [6.07, 6.45) is 1.22. The number of amides is 1. The standard InChI is InChI=1S/C16H22N2O7S/c1-3-4-7-26(21,22)18-11(2)16(20)23-9-15(19)17-12-5-6-13-14(8-12)25-10-24-13/h5-6,8,11,18H,3-4,7,9-10H2,1-2H3,(H,17,19)/t11-/m0/s1. The number of hydrogen-bond acceptors (Lipinski definition) is 7. The summed E-state index contributed by atoms with van der Waals surface area (Å²) >= 11 is 0. The normalized spacial score (nSPS) is 13.9. The molecule has 1 aliphatic rings. The monoisotopic (exact) mass is 386 g/mol. The Hall–Kier alpha value is -2.33. The summed E-state index contributed by atoms with van der Waals surface area (Å²) in [5.41, 5.74) is 0.462. The van der Waals surface area contributed by atoms with Crippen molar-refractivity contribution >= 4 is 27.6 Å². The van der Waals surface area contributed by atoms with Crippen molar-refractivity contribution in [3.63, 3.8) is 0 Å². The molecule has 0 saturated carbocycles. The second-order valence-corrected chi connectivity index (χ2v) is 7.61. The van der Waals surface area contributed by atoms with Crippen molar-refractivity contribution < 1.29 is 32.2 Å². The van der Waals surface area contributed by atoms with Crippen LogP contribution in [0.25, 0.3) is 0 Å². The third kappa shape index (κ3) is 5.88. The van der Waals surface area contributed by atoms with Gasteiger partial charge in [0.2, 0.25) is 16.8 Å². The number of sulfonamides is 1. The van der Waals surface area contributed by atoms with Crippen LogP contribution in [0.2, 0.25) is 0 Å². The molecule has 0 aliphatic carbocycles. The van der Waals surface area contributed by atoms with Crippen LogP contribution >= 0.6 is 0 Å². The van der Waals surface area contributed by atoms with Gasteiger partial charge in [-0.3, -0.25) is 9.59 Å². The van der Waals surface area contributed by atoms with Crippen LogP contribution in [0.5, 0.6) is 11.5 Å². The predicted octanol–water partition coefficient (Wildman–Crippen LogP) is 1.00. The highest BCUT2D eigenvalue weighted by Crippen LogP contribution is 2.34. The van der Waals surface area contributed by atoms with Crippen molar-refractivity contribution in [2.24, 2.45) is 0 Å². The van der Waals surface area contributed by atoms with Crippen molar-refractivity contribution in [3.8, 4) is 11.5 Å². The molecule has 1 amide bonds. The van der Waals surface area contributed by atoms with Gasteiger partial charge < -0.3 is 19.5 Å². The maximum absolute atomic E-state index is 11.9. The van der Waals surface area contributed by atoms with E-state index >= 15 is 0 Å². The van der Waals surface area contributed by atoms with Gasteiger partial charge in [-0.25, -0.2) is 13.1 Å². The third-order valence-electron chi connectivity index (χ3n) is 3.48. The zero-order valence-corrected chi connectivity index (χ0v) is 15.4. The molecule has 1 atom stereocenters. The summed E-state index contributed by atoms with van der Waals surface area (Å²) < 4.78 is 41.0. The Labute approximate surface area is 152 Å². The van der Waals surface area contributed by atoms with Gasteiger partial charge in [0.05, 0.1) is 5.75 Å². The van der Waals surface area contributed by atoms with Gasteiger partial charge in [0.1, 0.15) is 6.04 Å². The molecule has 1 aromatic rings. The summed E-state index contributed by atoms with van der Waals surface area (Å²) in [6.45, 7) is 2.82. The molecule has 0 radical (unpaired) electrons. The number of unbranched alkanes of at least 4 members (excludes halogenated alkanes) is 1. The van der Waals surface area contributed by atoms with Gasteiger partial charge in [-0.2, -0.15) is 0 Å². The number of nitrogens with one attached hydrogen (secondary N) is 2. The van der Waals surface area contributed by atoms with Crippen LogP contribution in [-0.2, 0) is 24.3 Å². The second kappa shape index (κ2) is 8.86. The maximum atomic E-state index is 11.9. The zero-order chi connectivity index (χ0) is 19.2. The first-order valence-corrected chi connectivity index (χ1v) is 9.82. The number of esters is 1. The van der Waals surface area contributed by atoms with E-state index in [2.05, 4.69) is 10.0 Å². The molecule has 144 valence electrons. The van der Waals surface area contributed by atoms with Gasteiger partial charge in [-0.15, -0.1) is 0 Å². The van der Waals surface area contributed by atoms with E-state index in [0.29, 0.717) is 23.6 Å². The lowest BCUT2D eigenvalue weighted by Gasteiger charge is -2.13. The molecule has 9 nitrogen and oxygen atoms in total. The Morgan fingerprint density at radius 3 is 2.73 bits per heavy atom. The highest BCUT2D eigenvalue weighted by atomic mass is 32.2. The number of hydrogen-bond donors (Lipinski definition) is 2. The first-order valence-electron chi connectivity index (χ1n) is 8.17. The van der Waals surface area contributed by atoms with Crippen molar-refractivity contribution in [2.75, 3.05) is 24.5 Å². The molecule has 1 heterocycles. The molecule has 0 unspecified atom stereocenters. The van der Waals surface area contributed by atoms with E-state index in [1.807, 2.05) is 6.92 Å². The second-order valence-electron chi connectivity index (χ2n) is 5.74. The van der Waals surface area contributed by atoms with Crippen LogP contribution < -0.4 is 19.5 Å². The Balaban J connectivity index is 1.78. The lowest BCUT2D eigenvalue weighted by atomic mass is 10.3. The molecule has 0 saturated heterocycles. The summed E-state index contributed by atoms with van der Waals surface area (Å²) in [7, 11) is -3.56. The van der Waals surface area contributed by atoms with E-state index < -0.39 is 34.5 Å². The van der Waals surface area contributed by atoms with E-state index in [4.69, 9.17) is 14.2 Å². The Kier molecular flexibility index (Phi) is 6.81. The summed E-state index contributed by atoms with van der Waals surface area (Å²) in [4.78, 5) is 23.7. The number of carbonyl (C=O) groups excluding carboxylic acids is 2. The predicted molar refractivity (Wildman–Crippen MR) is 93.4 cm³/mol. The molecule has 10 heteroatoms. The fourth-order valence-electron chi connectivity index (χ4n) is 2.14. The van der Waals surface area contributed by atoms with E-state index in [9.17, 15) is 18.0 Å². The van der Waals surface area contributed by atoms with E-state index in [1.165, 1.54) is 6.92 Å². The minimum atomic E-state index is -3.56. The van der Waals surface area contributed by atoms with Crippen LogP contribution in [0.15, 0.2) is 18.2 Å². The highest BCUT2D eigenvalue weighted by molar-refractivity contribution is 7.89. The largest absolute Gasteiger partial charge is 0.454 e. The quantitative estimate of drug-likeness (QED) is 0.608. The minimum absolute atomic E-state index is 0.0638. The molecular weight excluding hydrogens is 364 g/mol. The van der Waals surface area contributed by atoms with Crippen LogP contribution in [0.4, 0.5) is 5.69 Å². The maximum Gasteiger partial charge on any atom is 0.324 e. The smallest absolute Gasteiger partial charge is 0.324 e. The number of ether oxygens (including phenoxy) is 3. The molecular formula is C16H22N2O7S. The molecule has 0 aromatic heterocycles. The number of fused-ring (bicyclic) bond motifs is 1. The third-order valence-corrected chi connectivity index (χ3v) is 5.02. The van der Waals surface area contributed by atoms with Crippen LogP contribution in [-0.4, -0.2) is 45.5 Å². The van der Waals surface area contributed by atoms with Crippen LogP contribution in [0.3, 0.4) is 0 Å². The fraction of sp³-hybridized carbons (Fsp3) is 0.500. The first-order chi connectivity index (χ1) is 12.3. The molecule has 1 aromatic carbocycles. The van der Waals surface area contributed by atoms with Gasteiger partial charge >= 0.3 is 5.97 Å². The van der Waals surface area contributed by atoms with E-state index in [1.54, 1.807) is 18.2 Å². The number of carbonyl (C=O) groups is 2. The summed E-state index contributed by atoms with van der Waals surface area (Å²) in [5.74, 6) is -0.358. The lowest BCUT2D eigenvalue weighted by molar-refractivity contribution is -0.148. The first kappa shape index (κ1) is 20.0. The van der Waals surface area contributed by atoms with Gasteiger partial charge in [0.15, 0.2) is 18.1 Å². The Morgan fingerprint density at radius 1 is 1.27 bits per heavy atom. The average molecular weight is 386 g/mol. The molecule has 1 aliphatic heterocycles. The van der Waals surface area contributed by atoms with Crippen LogP contribution in [0, 0.1) is 0 Å². The summed E-state index contributed by atoms with van der Waals surface area (Å²) in [5, 5.41) is 2.55. The zero-order valence-electron chi connectivity index (χ0n) is 14.6. The lowest BCUT2D eigenvalue weighted by Crippen LogP contribution is -2.41. The van der Waals surface area contributed by atoms with Crippen molar-refractivity contribution in [1.29, 1.82) is 0 Å². The van der Waals surface area contributed by atoms with Crippen molar-refractivity contribution in [2.45, 2.75) is 32.7 Å². The Bertz CT molecular complexity index is 764. The number of benzene rings is 1. The number of rotatable bonds is 9. The van der Waals surface area contributed by atoms with Gasteiger partial charge in [-0.1, -0.05) is 13.3 Å². The molecule has 26 heavy (non-hydrogen) atoms. The van der Waals surface area contributed by atoms with E-state index in [-0.39, 0.29) is 12.5 Å². The molecule has 0 spiro atoms. The van der Waals surface area contributed by atoms with Gasteiger partial charge in [0.25, 0.3) is 5.91 Å². The highest BCUT2D eigenvalue weighted by Gasteiger charge is 2.22. The molecule has 0 bridgehead atoms. The molecule has 2 N–H and O–H groups in total.